The largest absolute Gasteiger partial charge is 0.472 e. The Kier molecular flexibility index (Phi) is 72.1. The fraction of sp³-hybridized carbons (Fsp3) is 0.852. The highest BCUT2D eigenvalue weighted by molar-refractivity contribution is 7.47. The van der Waals surface area contributed by atoms with E-state index in [1.54, 1.807) is 0 Å². The number of phosphoric acid groups is 2. The smallest absolute Gasteiger partial charge is 0.462 e. The molecule has 2 unspecified atom stereocenters. The van der Waals surface area contributed by atoms with Gasteiger partial charge in [0.15, 0.2) is 12.2 Å². The van der Waals surface area contributed by atoms with Crippen LogP contribution in [-0.4, -0.2) is 96.7 Å². The van der Waals surface area contributed by atoms with Crippen molar-refractivity contribution >= 4 is 39.5 Å². The second-order valence-corrected chi connectivity index (χ2v) is 30.6. The Balaban J connectivity index is 5.34. The fourth-order valence-electron chi connectivity index (χ4n) is 11.5. The summed E-state index contributed by atoms with van der Waals surface area (Å²) in [6, 6.07) is 0. The van der Waals surface area contributed by atoms with Crippen LogP contribution in [0.2, 0.25) is 0 Å². The third-order valence-corrected chi connectivity index (χ3v) is 19.7. The molecule has 0 saturated carbocycles. The molecule has 0 aromatic rings. The number of unbranched alkanes of at least 4 members (excludes halogenated alkanes) is 44. The molecule has 17 nitrogen and oxygen atoms in total. The Morgan fingerprint density at radius 2 is 0.490 bits per heavy atom. The lowest BCUT2D eigenvalue weighted by atomic mass is 10.0. The number of allylic oxidation sites excluding steroid dienone is 8. The van der Waals surface area contributed by atoms with Crippen molar-refractivity contribution in [2.75, 3.05) is 39.6 Å². The molecule has 0 rings (SSSR count). The lowest BCUT2D eigenvalue weighted by Gasteiger charge is -2.21. The van der Waals surface area contributed by atoms with Crippen molar-refractivity contribution < 1.29 is 80.2 Å². The van der Waals surface area contributed by atoms with E-state index in [-0.39, 0.29) is 25.7 Å². The van der Waals surface area contributed by atoms with Crippen LogP contribution in [0.25, 0.3) is 0 Å². The molecule has 0 aliphatic heterocycles. The van der Waals surface area contributed by atoms with Gasteiger partial charge in [-0.15, -0.1) is 0 Å². The van der Waals surface area contributed by atoms with Crippen molar-refractivity contribution in [3.63, 3.8) is 0 Å². The fourth-order valence-corrected chi connectivity index (χ4v) is 13.1. The van der Waals surface area contributed by atoms with E-state index in [2.05, 4.69) is 76.3 Å². The summed E-state index contributed by atoms with van der Waals surface area (Å²) < 4.78 is 68.6. The minimum atomic E-state index is -4.97. The molecule has 0 aliphatic rings. The van der Waals surface area contributed by atoms with Gasteiger partial charge in [0, 0.05) is 25.7 Å². The monoisotopic (exact) mass is 1460 g/mol. The average Bonchev–Trinajstić information content (AvgIpc) is 1.25. The van der Waals surface area contributed by atoms with E-state index in [1.807, 2.05) is 0 Å². The predicted octanol–water partition coefficient (Wildman–Crippen LogP) is 23.7. The third kappa shape index (κ3) is 73.3. The van der Waals surface area contributed by atoms with Gasteiger partial charge in [-0.05, 0) is 109 Å². The van der Waals surface area contributed by atoms with E-state index in [4.69, 9.17) is 37.0 Å². The van der Waals surface area contributed by atoms with Crippen LogP contribution in [0.4, 0.5) is 0 Å². The van der Waals surface area contributed by atoms with Crippen molar-refractivity contribution in [3.8, 4) is 0 Å². The Hall–Kier alpha value is -2.98. The Labute approximate surface area is 610 Å². The van der Waals surface area contributed by atoms with Gasteiger partial charge in [-0.2, -0.15) is 0 Å². The number of carbonyl (C=O) groups excluding carboxylic acids is 4. The predicted molar refractivity (Wildman–Crippen MR) is 409 cm³/mol. The number of aliphatic hydroxyl groups is 1. The molecule has 0 saturated heterocycles. The number of phosphoric ester groups is 2. The number of hydrogen-bond acceptors (Lipinski definition) is 15. The molecule has 3 N–H and O–H groups in total. The second-order valence-electron chi connectivity index (χ2n) is 27.7. The maximum absolute atomic E-state index is 13.1. The first-order valence-electron chi connectivity index (χ1n) is 40.9. The normalized spacial score (nSPS) is 14.1. The molecule has 19 heteroatoms. The number of ether oxygens (including phenoxy) is 4. The average molecular weight is 1460 g/mol. The van der Waals surface area contributed by atoms with E-state index in [0.717, 1.165) is 141 Å². The number of hydrogen-bond donors (Lipinski definition) is 3. The maximum Gasteiger partial charge on any atom is 0.472 e. The lowest BCUT2D eigenvalue weighted by Crippen LogP contribution is -2.30. The lowest BCUT2D eigenvalue weighted by molar-refractivity contribution is -0.161. The van der Waals surface area contributed by atoms with Crippen molar-refractivity contribution in [3.05, 3.63) is 48.6 Å². The first-order valence-corrected chi connectivity index (χ1v) is 43.9. The van der Waals surface area contributed by atoms with Crippen LogP contribution in [-0.2, 0) is 65.4 Å². The van der Waals surface area contributed by atoms with Gasteiger partial charge in [-0.3, -0.25) is 37.3 Å². The van der Waals surface area contributed by atoms with Gasteiger partial charge in [0.2, 0.25) is 0 Å². The molecule has 0 radical (unpaired) electrons. The summed E-state index contributed by atoms with van der Waals surface area (Å²) >= 11 is 0. The van der Waals surface area contributed by atoms with Crippen molar-refractivity contribution in [2.24, 2.45) is 0 Å². The van der Waals surface area contributed by atoms with Crippen LogP contribution < -0.4 is 0 Å². The van der Waals surface area contributed by atoms with Gasteiger partial charge in [0.05, 0.1) is 26.4 Å². The molecule has 0 amide bonds. The van der Waals surface area contributed by atoms with E-state index in [1.165, 1.54) is 167 Å². The summed E-state index contributed by atoms with van der Waals surface area (Å²) in [7, 11) is -9.94. The van der Waals surface area contributed by atoms with Crippen molar-refractivity contribution in [2.45, 2.75) is 406 Å². The molecule has 0 aliphatic carbocycles. The molecule has 0 heterocycles. The Bertz CT molecular complexity index is 2080. The van der Waals surface area contributed by atoms with Crippen molar-refractivity contribution in [1.82, 2.24) is 0 Å². The van der Waals surface area contributed by atoms with Gasteiger partial charge in [-0.1, -0.05) is 301 Å². The minimum absolute atomic E-state index is 0.0850. The summed E-state index contributed by atoms with van der Waals surface area (Å²) in [6.45, 7) is 4.90. The number of carbonyl (C=O) groups is 4. The number of aliphatic hydroxyl groups excluding tert-OH is 1. The highest BCUT2D eigenvalue weighted by Gasteiger charge is 2.30. The van der Waals surface area contributed by atoms with Gasteiger partial charge in [0.1, 0.15) is 19.3 Å². The van der Waals surface area contributed by atoms with Gasteiger partial charge in [0.25, 0.3) is 0 Å². The van der Waals surface area contributed by atoms with Crippen LogP contribution in [0.15, 0.2) is 48.6 Å². The zero-order valence-electron chi connectivity index (χ0n) is 64.1. The summed E-state index contributed by atoms with van der Waals surface area (Å²) in [4.78, 5) is 73.0. The molecule has 0 bridgehead atoms. The van der Waals surface area contributed by atoms with Crippen molar-refractivity contribution in [1.29, 1.82) is 0 Å². The highest BCUT2D eigenvalue weighted by Crippen LogP contribution is 2.45. The zero-order chi connectivity index (χ0) is 73.2. The molecule has 0 spiro atoms. The summed E-state index contributed by atoms with van der Waals surface area (Å²) in [6.07, 6.45) is 72.2. The first kappa shape index (κ1) is 97.0. The van der Waals surface area contributed by atoms with E-state index in [0.29, 0.717) is 25.7 Å². The highest BCUT2D eigenvalue weighted by atomic mass is 31.2. The molecular weight excluding hydrogens is 1310 g/mol. The summed E-state index contributed by atoms with van der Waals surface area (Å²) in [5, 5.41) is 10.6. The van der Waals surface area contributed by atoms with E-state index >= 15 is 0 Å². The maximum atomic E-state index is 13.1. The van der Waals surface area contributed by atoms with Gasteiger partial charge < -0.3 is 33.8 Å². The molecule has 100 heavy (non-hydrogen) atoms. The van der Waals surface area contributed by atoms with E-state index < -0.39 is 97.5 Å². The van der Waals surface area contributed by atoms with Crippen LogP contribution in [0, 0.1) is 0 Å². The topological polar surface area (TPSA) is 237 Å². The SMILES string of the molecule is CCCCC/C=C\C/C=C\CCCCCCCC(=O)O[C@H](COC(=O)CCCCCCCCCCCCCCCCC)COP(=O)(O)OC[C@H](O)COP(=O)(O)OC[C@@H](COC(=O)CCCCCCC/C=C\CCCCCCCC)OC(=O)CCCCCCC/C=C\CCCCCCCC. The second kappa shape index (κ2) is 74.3. The molecule has 586 valence electrons. The quantitative estimate of drug-likeness (QED) is 0.0169. The Morgan fingerprint density at radius 3 is 0.770 bits per heavy atom. The molecule has 0 aromatic heterocycles. The number of esters is 4. The van der Waals surface area contributed by atoms with Crippen LogP contribution in [0.5, 0.6) is 0 Å². The molecule has 0 aromatic carbocycles. The number of rotatable bonds is 78. The third-order valence-electron chi connectivity index (χ3n) is 17.8. The minimum Gasteiger partial charge on any atom is -0.462 e. The van der Waals surface area contributed by atoms with Crippen LogP contribution in [0.1, 0.15) is 387 Å². The van der Waals surface area contributed by atoms with Crippen LogP contribution in [0.3, 0.4) is 0 Å². The molecule has 5 atom stereocenters. The molecular formula is C81H150O17P2. The standard InChI is InChI=1S/C81H150O17P2/c1-5-9-13-17-21-25-29-33-37-41-45-49-53-57-61-65-78(83)91-71-76(97-80(85)67-63-59-55-51-47-43-39-35-31-27-23-19-15-11-7-3)73-95-99(87,88)93-69-75(82)70-94-100(89,90)96-74-77(98-81(86)68-64-60-56-52-48-44-40-36-32-28-24-20-16-12-8-4)72-92-79(84)66-62-58-54-50-46-42-38-34-30-26-22-18-14-10-6-2/h23,27,34-36,38-40,75-77,82H,5-22,24-26,28-33,37,41-74H2,1-4H3,(H,87,88)(H,89,90)/b27-23-,38-34-,39-35-,40-36-/t75-,76+,77+/m0/s1. The summed E-state index contributed by atoms with van der Waals surface area (Å²) in [5.41, 5.74) is 0. The Morgan fingerprint density at radius 1 is 0.280 bits per heavy atom. The summed E-state index contributed by atoms with van der Waals surface area (Å²) in [5.74, 6) is -2.17. The van der Waals surface area contributed by atoms with Gasteiger partial charge in [-0.25, -0.2) is 9.13 Å². The zero-order valence-corrected chi connectivity index (χ0v) is 65.9. The first-order chi connectivity index (χ1) is 48.7. The van der Waals surface area contributed by atoms with E-state index in [9.17, 15) is 43.2 Å². The van der Waals surface area contributed by atoms with Gasteiger partial charge >= 0.3 is 39.5 Å². The van der Waals surface area contributed by atoms with Crippen LogP contribution >= 0.6 is 15.6 Å². The molecule has 0 fully saturated rings.